The van der Waals surface area contributed by atoms with Gasteiger partial charge >= 0.3 is 0 Å². The second-order valence-electron chi connectivity index (χ2n) is 6.18. The van der Waals surface area contributed by atoms with Crippen LogP contribution in [0.1, 0.15) is 31.7 Å². The van der Waals surface area contributed by atoms with Gasteiger partial charge in [0, 0.05) is 25.2 Å². The lowest BCUT2D eigenvalue weighted by atomic mass is 9.97. The first-order chi connectivity index (χ1) is 11.3. The molecule has 5 heteroatoms. The van der Waals surface area contributed by atoms with E-state index in [1.165, 1.54) is 0 Å². The number of carbonyl (C=O) groups excluding carboxylic acids is 1. The lowest BCUT2D eigenvalue weighted by Gasteiger charge is -2.25. The second-order valence-corrected chi connectivity index (χ2v) is 6.18. The van der Waals surface area contributed by atoms with Crippen molar-refractivity contribution < 1.29 is 19.0 Å². The zero-order valence-electron chi connectivity index (χ0n) is 13.7. The van der Waals surface area contributed by atoms with Crippen LogP contribution in [-0.4, -0.2) is 38.4 Å². The molecule has 5 nitrogen and oxygen atoms in total. The van der Waals surface area contributed by atoms with Gasteiger partial charge in [0.2, 0.25) is 5.91 Å². The third-order valence-electron chi connectivity index (χ3n) is 4.52. The average Bonchev–Trinajstić information content (AvgIpc) is 2.61. The van der Waals surface area contributed by atoms with Gasteiger partial charge in [-0.15, -0.1) is 0 Å². The predicted molar refractivity (Wildman–Crippen MR) is 86.9 cm³/mol. The minimum Gasteiger partial charge on any atom is -0.486 e. The van der Waals surface area contributed by atoms with Crippen molar-refractivity contribution in [3.8, 4) is 11.5 Å². The number of nitrogens with one attached hydrogen (secondary N) is 1. The highest BCUT2D eigenvalue weighted by Gasteiger charge is 2.23. The molecule has 2 aliphatic heterocycles. The summed E-state index contributed by atoms with van der Waals surface area (Å²) in [6.45, 7) is 4.68. The number of amides is 1. The molecule has 0 saturated carbocycles. The highest BCUT2D eigenvalue weighted by atomic mass is 16.6. The first kappa shape index (κ1) is 16.1. The Hall–Kier alpha value is -1.75. The third-order valence-corrected chi connectivity index (χ3v) is 4.52. The molecule has 1 fully saturated rings. The fraction of sp³-hybridized carbons (Fsp3) is 0.611. The Labute approximate surface area is 137 Å². The topological polar surface area (TPSA) is 56.8 Å². The molecule has 0 unspecified atom stereocenters. The zero-order chi connectivity index (χ0) is 16.1. The van der Waals surface area contributed by atoms with Crippen LogP contribution in [0.4, 0.5) is 0 Å². The fourth-order valence-electron chi connectivity index (χ4n) is 3.08. The Kier molecular flexibility index (Phi) is 5.39. The van der Waals surface area contributed by atoms with E-state index in [1.54, 1.807) is 0 Å². The molecule has 3 rings (SSSR count). The summed E-state index contributed by atoms with van der Waals surface area (Å²) in [4.78, 5) is 12.4. The van der Waals surface area contributed by atoms with Crippen molar-refractivity contribution in [2.45, 2.75) is 38.6 Å². The van der Waals surface area contributed by atoms with Crippen LogP contribution < -0.4 is 14.8 Å². The summed E-state index contributed by atoms with van der Waals surface area (Å²) < 4.78 is 16.5. The van der Waals surface area contributed by atoms with E-state index in [2.05, 4.69) is 18.3 Å². The molecule has 0 bridgehead atoms. The molecule has 1 aromatic carbocycles. The maximum absolute atomic E-state index is 12.4. The molecule has 23 heavy (non-hydrogen) atoms. The lowest BCUT2D eigenvalue weighted by Crippen LogP contribution is -2.41. The van der Waals surface area contributed by atoms with Crippen molar-refractivity contribution in [3.05, 3.63) is 23.8 Å². The second kappa shape index (κ2) is 7.68. The molecule has 2 heterocycles. The van der Waals surface area contributed by atoms with Crippen molar-refractivity contribution in [1.82, 2.24) is 5.32 Å². The van der Waals surface area contributed by atoms with Crippen molar-refractivity contribution >= 4 is 5.91 Å². The lowest BCUT2D eigenvalue weighted by molar-refractivity contribution is -0.128. The summed E-state index contributed by atoms with van der Waals surface area (Å²) in [6, 6.07) is 6.18. The van der Waals surface area contributed by atoms with Crippen LogP contribution in [0.2, 0.25) is 0 Å². The van der Waals surface area contributed by atoms with Gasteiger partial charge < -0.3 is 19.5 Å². The number of hydrogen-bond donors (Lipinski definition) is 1. The molecule has 1 saturated heterocycles. The van der Waals surface area contributed by atoms with Gasteiger partial charge in [0.25, 0.3) is 0 Å². The summed E-state index contributed by atoms with van der Waals surface area (Å²) >= 11 is 0. The standard InChI is InChI=1S/C18H25NO4/c1-2-15(19-18(20)14-5-7-21-8-6-14)11-13-3-4-16-17(12-13)23-10-9-22-16/h3-4,12,14-15H,2,5-11H2,1H3,(H,19,20)/t15-/m1/s1. The molecule has 1 aromatic rings. The number of carbonyl (C=O) groups is 1. The summed E-state index contributed by atoms with van der Waals surface area (Å²) in [7, 11) is 0. The monoisotopic (exact) mass is 319 g/mol. The molecule has 126 valence electrons. The molecule has 0 spiro atoms. The number of benzene rings is 1. The number of ether oxygens (including phenoxy) is 3. The predicted octanol–water partition coefficient (Wildman–Crippen LogP) is 2.32. The maximum atomic E-state index is 12.4. The van der Waals surface area contributed by atoms with Crippen LogP contribution in [0.3, 0.4) is 0 Å². The van der Waals surface area contributed by atoms with Gasteiger partial charge in [-0.05, 0) is 43.4 Å². The smallest absolute Gasteiger partial charge is 0.223 e. The van der Waals surface area contributed by atoms with E-state index < -0.39 is 0 Å². The van der Waals surface area contributed by atoms with Crippen LogP contribution in [0, 0.1) is 5.92 Å². The van der Waals surface area contributed by atoms with E-state index in [4.69, 9.17) is 14.2 Å². The van der Waals surface area contributed by atoms with Crippen molar-refractivity contribution in [1.29, 1.82) is 0 Å². The van der Waals surface area contributed by atoms with E-state index in [0.29, 0.717) is 26.4 Å². The molecular formula is C18H25NO4. The van der Waals surface area contributed by atoms with Gasteiger partial charge in [-0.2, -0.15) is 0 Å². The Bertz CT molecular complexity index is 540. The van der Waals surface area contributed by atoms with Gasteiger partial charge in [0.15, 0.2) is 11.5 Å². The van der Waals surface area contributed by atoms with Crippen LogP contribution in [0.15, 0.2) is 18.2 Å². The zero-order valence-corrected chi connectivity index (χ0v) is 13.7. The van der Waals surface area contributed by atoms with Crippen molar-refractivity contribution in [2.24, 2.45) is 5.92 Å². The highest BCUT2D eigenvalue weighted by Crippen LogP contribution is 2.31. The molecule has 1 N–H and O–H groups in total. The van der Waals surface area contributed by atoms with E-state index in [9.17, 15) is 4.79 Å². The van der Waals surface area contributed by atoms with E-state index in [1.807, 2.05) is 12.1 Å². The van der Waals surface area contributed by atoms with Gasteiger partial charge in [0.1, 0.15) is 13.2 Å². The minimum absolute atomic E-state index is 0.0954. The van der Waals surface area contributed by atoms with Gasteiger partial charge in [-0.25, -0.2) is 0 Å². The van der Waals surface area contributed by atoms with E-state index >= 15 is 0 Å². The molecule has 0 radical (unpaired) electrons. The number of hydrogen-bond acceptors (Lipinski definition) is 4. The maximum Gasteiger partial charge on any atom is 0.223 e. The summed E-state index contributed by atoms with van der Waals surface area (Å²) in [5.74, 6) is 1.87. The Morgan fingerprint density at radius 2 is 1.91 bits per heavy atom. The Morgan fingerprint density at radius 3 is 2.65 bits per heavy atom. The molecule has 0 aliphatic carbocycles. The van der Waals surface area contributed by atoms with Crippen LogP contribution in [0.5, 0.6) is 11.5 Å². The number of fused-ring (bicyclic) bond motifs is 1. The van der Waals surface area contributed by atoms with Crippen LogP contribution >= 0.6 is 0 Å². The summed E-state index contributed by atoms with van der Waals surface area (Å²) in [5, 5.41) is 3.20. The minimum atomic E-state index is 0.0954. The van der Waals surface area contributed by atoms with E-state index in [-0.39, 0.29) is 17.9 Å². The SMILES string of the molecule is CC[C@H](Cc1ccc2c(c1)OCCO2)NC(=O)C1CCOCC1. The molecule has 0 aromatic heterocycles. The van der Waals surface area contributed by atoms with Crippen molar-refractivity contribution in [3.63, 3.8) is 0 Å². The summed E-state index contributed by atoms with van der Waals surface area (Å²) in [5.41, 5.74) is 1.16. The quantitative estimate of drug-likeness (QED) is 0.905. The van der Waals surface area contributed by atoms with Crippen molar-refractivity contribution in [2.75, 3.05) is 26.4 Å². The van der Waals surface area contributed by atoms with Gasteiger partial charge in [0.05, 0.1) is 0 Å². The molecule has 1 amide bonds. The molecule has 1 atom stereocenters. The average molecular weight is 319 g/mol. The third kappa shape index (κ3) is 4.16. The van der Waals surface area contributed by atoms with Crippen LogP contribution in [-0.2, 0) is 16.0 Å². The van der Waals surface area contributed by atoms with Gasteiger partial charge in [-0.3, -0.25) is 4.79 Å². The normalized spacial score (nSPS) is 19.2. The van der Waals surface area contributed by atoms with E-state index in [0.717, 1.165) is 42.7 Å². The first-order valence-electron chi connectivity index (χ1n) is 8.53. The molecular weight excluding hydrogens is 294 g/mol. The van der Waals surface area contributed by atoms with Gasteiger partial charge in [-0.1, -0.05) is 13.0 Å². The first-order valence-corrected chi connectivity index (χ1v) is 8.53. The highest BCUT2D eigenvalue weighted by molar-refractivity contribution is 5.79. The fourth-order valence-corrected chi connectivity index (χ4v) is 3.08. The number of rotatable bonds is 5. The largest absolute Gasteiger partial charge is 0.486 e. The Morgan fingerprint density at radius 1 is 1.17 bits per heavy atom. The Balaban J connectivity index is 1.59. The molecule has 2 aliphatic rings. The summed E-state index contributed by atoms with van der Waals surface area (Å²) in [6.07, 6.45) is 3.37. The van der Waals surface area contributed by atoms with Crippen LogP contribution in [0.25, 0.3) is 0 Å².